The molecule has 1 aromatic heterocycles. The number of hydrogen-bond acceptors (Lipinski definition) is 4. The van der Waals surface area contributed by atoms with Gasteiger partial charge in [-0.15, -0.1) is 0 Å². The smallest absolute Gasteiger partial charge is 0.244 e. The Bertz CT molecular complexity index is 1340. The van der Waals surface area contributed by atoms with E-state index < -0.39 is 9.84 Å². The highest BCUT2D eigenvalue weighted by Gasteiger charge is 2.22. The summed E-state index contributed by atoms with van der Waals surface area (Å²) < 4.78 is 33.6. The highest BCUT2D eigenvalue weighted by atomic mass is 32.2. The van der Waals surface area contributed by atoms with Gasteiger partial charge in [-0.05, 0) is 30.7 Å². The summed E-state index contributed by atoms with van der Waals surface area (Å²) >= 11 is 0. The SMILES string of the molecule is CCOc1ccccc1NC(=O)Cn1cc(S(=O)(=O)Cc2ccccc2)c2ccccc21. The fourth-order valence-corrected chi connectivity index (χ4v) is 5.24. The van der Waals surface area contributed by atoms with Gasteiger partial charge in [-0.25, -0.2) is 8.42 Å². The van der Waals surface area contributed by atoms with Crippen molar-refractivity contribution in [3.63, 3.8) is 0 Å². The van der Waals surface area contributed by atoms with Gasteiger partial charge in [-0.3, -0.25) is 4.79 Å². The largest absolute Gasteiger partial charge is 0.492 e. The van der Waals surface area contributed by atoms with Gasteiger partial charge in [0.15, 0.2) is 9.84 Å². The number of fused-ring (bicyclic) bond motifs is 1. The Balaban J connectivity index is 1.63. The number of sulfone groups is 1. The number of aromatic nitrogens is 1. The molecule has 6 nitrogen and oxygen atoms in total. The number of hydrogen-bond donors (Lipinski definition) is 1. The van der Waals surface area contributed by atoms with E-state index in [1.54, 1.807) is 47.2 Å². The summed E-state index contributed by atoms with van der Waals surface area (Å²) in [6.45, 7) is 2.33. The molecule has 1 N–H and O–H groups in total. The first-order chi connectivity index (χ1) is 15.5. The Morgan fingerprint density at radius 1 is 0.938 bits per heavy atom. The molecule has 7 heteroatoms. The molecule has 164 valence electrons. The van der Waals surface area contributed by atoms with Crippen LogP contribution in [0.25, 0.3) is 10.9 Å². The molecule has 0 aliphatic rings. The van der Waals surface area contributed by atoms with Crippen LogP contribution in [0.4, 0.5) is 5.69 Å². The van der Waals surface area contributed by atoms with Crippen molar-refractivity contribution in [2.24, 2.45) is 0 Å². The van der Waals surface area contributed by atoms with E-state index >= 15 is 0 Å². The zero-order valence-corrected chi connectivity index (χ0v) is 18.5. The van der Waals surface area contributed by atoms with E-state index in [4.69, 9.17) is 4.74 Å². The number of nitrogens with zero attached hydrogens (tertiary/aromatic N) is 1. The van der Waals surface area contributed by atoms with Crippen LogP contribution in [0.5, 0.6) is 5.75 Å². The van der Waals surface area contributed by atoms with Crippen LogP contribution in [0, 0.1) is 0 Å². The van der Waals surface area contributed by atoms with Gasteiger partial charge in [0.25, 0.3) is 0 Å². The second-order valence-electron chi connectivity index (χ2n) is 7.36. The maximum atomic E-state index is 13.2. The number of anilines is 1. The molecule has 1 amide bonds. The van der Waals surface area contributed by atoms with E-state index in [9.17, 15) is 13.2 Å². The molecule has 0 saturated heterocycles. The molecular formula is C25H24N2O4S. The number of ether oxygens (including phenoxy) is 1. The lowest BCUT2D eigenvalue weighted by Gasteiger charge is -2.12. The summed E-state index contributed by atoms with van der Waals surface area (Å²) in [6.07, 6.45) is 1.55. The van der Waals surface area contributed by atoms with Crippen LogP contribution in [0.1, 0.15) is 12.5 Å². The minimum absolute atomic E-state index is 0.0260. The van der Waals surface area contributed by atoms with Crippen molar-refractivity contribution in [2.45, 2.75) is 24.1 Å². The van der Waals surface area contributed by atoms with Crippen molar-refractivity contribution < 1.29 is 17.9 Å². The zero-order chi connectivity index (χ0) is 22.6. The summed E-state index contributed by atoms with van der Waals surface area (Å²) in [7, 11) is -3.60. The Morgan fingerprint density at radius 2 is 1.62 bits per heavy atom. The number of nitrogens with one attached hydrogen (secondary N) is 1. The topological polar surface area (TPSA) is 77.4 Å². The highest BCUT2D eigenvalue weighted by Crippen LogP contribution is 2.29. The van der Waals surface area contributed by atoms with Gasteiger partial charge >= 0.3 is 0 Å². The molecule has 0 atom stereocenters. The van der Waals surface area contributed by atoms with E-state index in [0.29, 0.717) is 28.9 Å². The molecule has 1 heterocycles. The molecule has 0 fully saturated rings. The average molecular weight is 449 g/mol. The Morgan fingerprint density at radius 3 is 2.41 bits per heavy atom. The molecule has 0 aliphatic carbocycles. The first-order valence-corrected chi connectivity index (χ1v) is 12.0. The summed E-state index contributed by atoms with van der Waals surface area (Å²) in [5, 5.41) is 3.46. The number of carbonyl (C=O) groups excluding carboxylic acids is 1. The average Bonchev–Trinajstić information content (AvgIpc) is 3.15. The lowest BCUT2D eigenvalue weighted by molar-refractivity contribution is -0.116. The van der Waals surface area contributed by atoms with Crippen molar-refractivity contribution in [1.82, 2.24) is 4.57 Å². The molecule has 32 heavy (non-hydrogen) atoms. The molecule has 0 aliphatic heterocycles. The quantitative estimate of drug-likeness (QED) is 0.426. The first-order valence-electron chi connectivity index (χ1n) is 10.3. The lowest BCUT2D eigenvalue weighted by atomic mass is 10.2. The Labute approximate surface area is 187 Å². The van der Waals surface area contributed by atoms with Gasteiger partial charge in [0.1, 0.15) is 12.3 Å². The Hall–Kier alpha value is -3.58. The van der Waals surface area contributed by atoms with Crippen molar-refractivity contribution in [3.05, 3.63) is 90.6 Å². The fraction of sp³-hybridized carbons (Fsp3) is 0.160. The third-order valence-electron chi connectivity index (χ3n) is 5.06. The van der Waals surface area contributed by atoms with Gasteiger partial charge in [-0.1, -0.05) is 60.7 Å². The van der Waals surface area contributed by atoms with Crippen molar-refractivity contribution in [1.29, 1.82) is 0 Å². The summed E-state index contributed by atoms with van der Waals surface area (Å²) in [5.41, 5.74) is 1.98. The molecule has 0 radical (unpaired) electrons. The third-order valence-corrected chi connectivity index (χ3v) is 6.77. The normalized spacial score (nSPS) is 11.4. The van der Waals surface area contributed by atoms with Crippen LogP contribution >= 0.6 is 0 Å². The predicted molar refractivity (Wildman–Crippen MR) is 126 cm³/mol. The predicted octanol–water partition coefficient (Wildman–Crippen LogP) is 4.65. The number of carbonyl (C=O) groups is 1. The van der Waals surface area contributed by atoms with Gasteiger partial charge in [-0.2, -0.15) is 0 Å². The fourth-order valence-electron chi connectivity index (χ4n) is 3.66. The molecule has 4 aromatic rings. The molecule has 3 aromatic carbocycles. The van der Waals surface area contributed by atoms with Gasteiger partial charge in [0, 0.05) is 17.1 Å². The van der Waals surface area contributed by atoms with E-state index in [-0.39, 0.29) is 23.1 Å². The number of rotatable bonds is 8. The van der Waals surface area contributed by atoms with E-state index in [0.717, 1.165) is 5.56 Å². The van der Waals surface area contributed by atoms with Crippen LogP contribution in [-0.4, -0.2) is 25.5 Å². The second-order valence-corrected chi connectivity index (χ2v) is 9.32. The number of benzene rings is 3. The maximum absolute atomic E-state index is 13.2. The molecule has 0 spiro atoms. The van der Waals surface area contributed by atoms with Crippen LogP contribution in [-0.2, 0) is 26.9 Å². The second kappa shape index (κ2) is 9.28. The monoisotopic (exact) mass is 448 g/mol. The molecule has 0 saturated carbocycles. The molecule has 4 rings (SSSR count). The lowest BCUT2D eigenvalue weighted by Crippen LogP contribution is -2.18. The number of para-hydroxylation sites is 3. The zero-order valence-electron chi connectivity index (χ0n) is 17.7. The molecule has 0 bridgehead atoms. The first kappa shape index (κ1) is 21.6. The minimum Gasteiger partial charge on any atom is -0.492 e. The summed E-state index contributed by atoms with van der Waals surface area (Å²) in [6, 6.07) is 23.5. The van der Waals surface area contributed by atoms with Crippen LogP contribution in [0.3, 0.4) is 0 Å². The summed E-state index contributed by atoms with van der Waals surface area (Å²) in [4.78, 5) is 13.0. The van der Waals surface area contributed by atoms with Crippen molar-refractivity contribution >= 4 is 32.3 Å². The van der Waals surface area contributed by atoms with Gasteiger partial charge in [0.2, 0.25) is 5.91 Å². The standard InChI is InChI=1S/C25H24N2O4S/c1-2-31-23-15-9-7-13-21(23)26-25(28)17-27-16-24(20-12-6-8-14-22(20)27)32(29,30)18-19-10-4-3-5-11-19/h3-16H,2,17-18H2,1H3,(H,26,28). The molecular weight excluding hydrogens is 424 g/mol. The van der Waals surface area contributed by atoms with Crippen LogP contribution in [0.2, 0.25) is 0 Å². The highest BCUT2D eigenvalue weighted by molar-refractivity contribution is 7.90. The Kier molecular flexibility index (Phi) is 6.28. The van der Waals surface area contributed by atoms with E-state index in [1.807, 2.05) is 49.4 Å². The van der Waals surface area contributed by atoms with Crippen LogP contribution < -0.4 is 10.1 Å². The minimum atomic E-state index is -3.60. The third kappa shape index (κ3) is 4.68. The van der Waals surface area contributed by atoms with E-state index in [2.05, 4.69) is 5.32 Å². The summed E-state index contributed by atoms with van der Waals surface area (Å²) in [5.74, 6) is 0.215. The van der Waals surface area contributed by atoms with Crippen molar-refractivity contribution in [3.8, 4) is 5.75 Å². The van der Waals surface area contributed by atoms with Gasteiger partial charge in [0.05, 0.1) is 22.9 Å². The van der Waals surface area contributed by atoms with Gasteiger partial charge < -0.3 is 14.6 Å². The van der Waals surface area contributed by atoms with Crippen LogP contribution in [0.15, 0.2) is 90.0 Å². The molecule has 0 unspecified atom stereocenters. The maximum Gasteiger partial charge on any atom is 0.244 e. The van der Waals surface area contributed by atoms with Crippen molar-refractivity contribution in [2.75, 3.05) is 11.9 Å². The number of amides is 1. The van der Waals surface area contributed by atoms with E-state index in [1.165, 1.54) is 0 Å².